The minimum Gasteiger partial charge on any atom is -0.390 e. The molecule has 2 aromatic rings. The van der Waals surface area contributed by atoms with Crippen molar-refractivity contribution < 1.29 is 5.11 Å². The van der Waals surface area contributed by atoms with E-state index in [1.54, 1.807) is 6.07 Å². The lowest BCUT2D eigenvalue weighted by Gasteiger charge is -2.60. The summed E-state index contributed by atoms with van der Waals surface area (Å²) in [4.78, 5) is 12.7. The molecule has 0 spiro atoms. The second-order valence-corrected chi connectivity index (χ2v) is 7.72. The first-order valence-electron chi connectivity index (χ1n) is 8.47. The third kappa shape index (κ3) is 1.52. The predicted molar refractivity (Wildman–Crippen MR) is 85.7 cm³/mol. The molecule has 3 atom stereocenters. The van der Waals surface area contributed by atoms with Gasteiger partial charge in [0, 0.05) is 6.07 Å². The summed E-state index contributed by atoms with van der Waals surface area (Å²) < 4.78 is 1.96. The largest absolute Gasteiger partial charge is 0.390 e. The second kappa shape index (κ2) is 4.23. The van der Waals surface area contributed by atoms with Crippen molar-refractivity contribution in [2.24, 2.45) is 17.8 Å². The minimum absolute atomic E-state index is 0.0414. The normalized spacial score (nSPS) is 39.5. The monoisotopic (exact) mass is 295 g/mol. The number of hydrogen-bond acceptors (Lipinski definition) is 2. The molecule has 0 aliphatic heterocycles. The first-order valence-corrected chi connectivity index (χ1v) is 8.47. The van der Waals surface area contributed by atoms with Crippen LogP contribution < -0.4 is 5.56 Å². The molecule has 4 fully saturated rings. The molecule has 4 aliphatic carbocycles. The average molecular weight is 295 g/mol. The van der Waals surface area contributed by atoms with Crippen molar-refractivity contribution in [1.29, 1.82) is 0 Å². The van der Waals surface area contributed by atoms with Crippen LogP contribution in [0, 0.1) is 17.8 Å². The van der Waals surface area contributed by atoms with Crippen LogP contribution in [0.3, 0.4) is 0 Å². The van der Waals surface area contributed by atoms with Gasteiger partial charge in [-0.1, -0.05) is 18.2 Å². The summed E-state index contributed by atoms with van der Waals surface area (Å²) in [6.07, 6.45) is 5.16. The third-order valence-corrected chi connectivity index (χ3v) is 6.47. The van der Waals surface area contributed by atoms with Gasteiger partial charge in [-0.15, -0.1) is 0 Å². The number of benzene rings is 1. The molecule has 0 radical (unpaired) electrons. The van der Waals surface area contributed by atoms with Crippen molar-refractivity contribution in [2.75, 3.05) is 0 Å². The van der Waals surface area contributed by atoms with E-state index in [2.05, 4.69) is 6.07 Å². The summed E-state index contributed by atoms with van der Waals surface area (Å²) in [6.45, 7) is 0. The van der Waals surface area contributed by atoms with Gasteiger partial charge >= 0.3 is 0 Å². The van der Waals surface area contributed by atoms with Crippen molar-refractivity contribution >= 4 is 10.9 Å². The second-order valence-electron chi connectivity index (χ2n) is 7.72. The molecule has 1 N–H and O–H groups in total. The summed E-state index contributed by atoms with van der Waals surface area (Å²) in [5.74, 6) is 1.76. The van der Waals surface area contributed by atoms with E-state index in [1.165, 1.54) is 6.42 Å². The number of pyridine rings is 1. The fraction of sp³-hybridized carbons (Fsp3) is 0.526. The van der Waals surface area contributed by atoms with Crippen molar-refractivity contribution in [3.63, 3.8) is 0 Å². The first kappa shape index (κ1) is 12.9. The number of para-hydroxylation sites is 1. The molecule has 0 amide bonds. The Morgan fingerprint density at radius 3 is 2.50 bits per heavy atom. The van der Waals surface area contributed by atoms with Gasteiger partial charge in [0.25, 0.3) is 5.56 Å². The van der Waals surface area contributed by atoms with Crippen LogP contribution in [0.2, 0.25) is 0 Å². The Morgan fingerprint density at radius 2 is 1.73 bits per heavy atom. The molecule has 6 rings (SSSR count). The molecule has 114 valence electrons. The van der Waals surface area contributed by atoms with Gasteiger partial charge in [-0.3, -0.25) is 9.36 Å². The fourth-order valence-corrected chi connectivity index (χ4v) is 5.93. The number of fused-ring (bicyclic) bond motifs is 1. The maximum atomic E-state index is 12.7. The molecule has 1 aromatic heterocycles. The predicted octanol–water partition coefficient (Wildman–Crippen LogP) is 2.90. The Kier molecular flexibility index (Phi) is 2.48. The number of aliphatic hydroxyl groups is 1. The Hall–Kier alpha value is -1.61. The number of nitrogens with zero attached hydrogens (tertiary/aromatic N) is 1. The standard InChI is InChI=1S/C19H21NO2/c21-17-6-5-14-3-1-2-4-16(14)20(17)19-10-12-7-13(11-19)9-15(8-12)18(19)22/h1-6,12-13,15,18,22H,7-11H2. The van der Waals surface area contributed by atoms with Gasteiger partial charge in [0.2, 0.25) is 0 Å². The molecule has 4 bridgehead atoms. The van der Waals surface area contributed by atoms with E-state index in [9.17, 15) is 9.90 Å². The molecule has 4 saturated carbocycles. The van der Waals surface area contributed by atoms with Gasteiger partial charge < -0.3 is 5.11 Å². The Labute approximate surface area is 129 Å². The lowest BCUT2D eigenvalue weighted by Crippen LogP contribution is -2.63. The highest BCUT2D eigenvalue weighted by atomic mass is 16.3. The van der Waals surface area contributed by atoms with Crippen LogP contribution in [0.1, 0.15) is 32.1 Å². The van der Waals surface area contributed by atoms with Crippen molar-refractivity contribution in [3.05, 3.63) is 46.8 Å². The van der Waals surface area contributed by atoms with Crippen LogP contribution in [0.25, 0.3) is 10.9 Å². The third-order valence-electron chi connectivity index (χ3n) is 6.47. The van der Waals surface area contributed by atoms with Gasteiger partial charge in [0.05, 0.1) is 17.2 Å². The Bertz CT molecular complexity index is 794. The summed E-state index contributed by atoms with van der Waals surface area (Å²) in [5, 5.41) is 12.1. The quantitative estimate of drug-likeness (QED) is 0.879. The van der Waals surface area contributed by atoms with Crippen LogP contribution in [0.4, 0.5) is 0 Å². The average Bonchev–Trinajstić information content (AvgIpc) is 2.51. The molecule has 1 heterocycles. The van der Waals surface area contributed by atoms with Crippen LogP contribution in [-0.2, 0) is 5.54 Å². The molecule has 22 heavy (non-hydrogen) atoms. The zero-order valence-corrected chi connectivity index (χ0v) is 12.6. The highest BCUT2D eigenvalue weighted by Crippen LogP contribution is 2.58. The SMILES string of the molecule is O=c1ccc2ccccc2n1C12CC3CC(CC(C3)C1O)C2. The molecule has 0 saturated heterocycles. The summed E-state index contributed by atoms with van der Waals surface area (Å²) in [5.41, 5.74) is 0.655. The topological polar surface area (TPSA) is 42.2 Å². The number of aliphatic hydroxyl groups excluding tert-OH is 1. The van der Waals surface area contributed by atoms with E-state index in [4.69, 9.17) is 0 Å². The highest BCUT2D eigenvalue weighted by molar-refractivity contribution is 5.79. The van der Waals surface area contributed by atoms with E-state index < -0.39 is 0 Å². The first-order chi connectivity index (χ1) is 10.7. The summed E-state index contributed by atoms with van der Waals surface area (Å²) >= 11 is 0. The molecule has 1 aromatic carbocycles. The molecular weight excluding hydrogens is 274 g/mol. The van der Waals surface area contributed by atoms with Gasteiger partial charge in [0.15, 0.2) is 0 Å². The molecule has 4 aliphatic rings. The Balaban J connectivity index is 1.80. The highest BCUT2D eigenvalue weighted by Gasteiger charge is 2.58. The van der Waals surface area contributed by atoms with E-state index in [0.717, 1.165) is 36.6 Å². The molecule has 3 heteroatoms. The van der Waals surface area contributed by atoms with Crippen LogP contribution in [0.15, 0.2) is 41.2 Å². The van der Waals surface area contributed by atoms with Gasteiger partial charge in [-0.2, -0.15) is 0 Å². The van der Waals surface area contributed by atoms with Gasteiger partial charge in [0.1, 0.15) is 0 Å². The lowest BCUT2D eigenvalue weighted by atomic mass is 9.51. The van der Waals surface area contributed by atoms with E-state index in [-0.39, 0.29) is 17.2 Å². The maximum Gasteiger partial charge on any atom is 0.251 e. The zero-order valence-electron chi connectivity index (χ0n) is 12.6. The smallest absolute Gasteiger partial charge is 0.251 e. The molecular formula is C19H21NO2. The number of aromatic nitrogens is 1. The Morgan fingerprint density at radius 1 is 1.00 bits per heavy atom. The summed E-state index contributed by atoms with van der Waals surface area (Å²) in [7, 11) is 0. The minimum atomic E-state index is -0.371. The lowest BCUT2D eigenvalue weighted by molar-refractivity contribution is -0.144. The van der Waals surface area contributed by atoms with E-state index in [1.807, 2.05) is 28.8 Å². The molecule has 3 unspecified atom stereocenters. The number of hydrogen-bond donors (Lipinski definition) is 1. The van der Waals surface area contributed by atoms with Crippen molar-refractivity contribution in [3.8, 4) is 0 Å². The van der Waals surface area contributed by atoms with Gasteiger partial charge in [-0.05, 0) is 67.4 Å². The van der Waals surface area contributed by atoms with E-state index >= 15 is 0 Å². The zero-order chi connectivity index (χ0) is 14.9. The van der Waals surface area contributed by atoms with E-state index in [0.29, 0.717) is 17.8 Å². The number of rotatable bonds is 1. The fourth-order valence-electron chi connectivity index (χ4n) is 5.93. The van der Waals surface area contributed by atoms with Crippen LogP contribution in [0.5, 0.6) is 0 Å². The molecule has 3 nitrogen and oxygen atoms in total. The van der Waals surface area contributed by atoms with Crippen molar-refractivity contribution in [2.45, 2.75) is 43.7 Å². The van der Waals surface area contributed by atoms with Crippen LogP contribution >= 0.6 is 0 Å². The maximum absolute atomic E-state index is 12.7. The van der Waals surface area contributed by atoms with Gasteiger partial charge in [-0.25, -0.2) is 0 Å². The van der Waals surface area contributed by atoms with Crippen LogP contribution in [-0.4, -0.2) is 15.8 Å². The van der Waals surface area contributed by atoms with Crippen molar-refractivity contribution in [1.82, 2.24) is 4.57 Å². The summed E-state index contributed by atoms with van der Waals surface area (Å²) in [6, 6.07) is 11.7.